The molecule has 0 spiro atoms. The molecule has 0 radical (unpaired) electrons. The Morgan fingerprint density at radius 1 is 1.39 bits per heavy atom. The van der Waals surface area contributed by atoms with Crippen molar-refractivity contribution >= 4 is 17.2 Å². The second-order valence-electron chi connectivity index (χ2n) is 6.65. The number of amides is 1. The van der Waals surface area contributed by atoms with Gasteiger partial charge in [-0.25, -0.2) is 4.98 Å². The van der Waals surface area contributed by atoms with Crippen molar-refractivity contribution in [2.24, 2.45) is 17.6 Å². The molecule has 2 fully saturated rings. The molecule has 3 atom stereocenters. The number of thiazole rings is 1. The predicted molar refractivity (Wildman–Crippen MR) is 92.5 cm³/mol. The molecule has 1 aliphatic carbocycles. The molecule has 1 amide bonds. The fourth-order valence-corrected chi connectivity index (χ4v) is 4.83. The zero-order valence-electron chi connectivity index (χ0n) is 13.5. The van der Waals surface area contributed by atoms with E-state index in [1.165, 1.54) is 12.0 Å². The van der Waals surface area contributed by atoms with E-state index in [1.54, 1.807) is 11.3 Å². The summed E-state index contributed by atoms with van der Waals surface area (Å²) in [4.78, 5) is 20.6. The highest BCUT2D eigenvalue weighted by molar-refractivity contribution is 7.15. The maximum atomic E-state index is 13.1. The first kappa shape index (κ1) is 14.8. The molecule has 4 rings (SSSR count). The number of aryl methyl sites for hydroxylation is 2. The lowest BCUT2D eigenvalue weighted by Gasteiger charge is -2.26. The van der Waals surface area contributed by atoms with Gasteiger partial charge in [0.25, 0.3) is 5.91 Å². The van der Waals surface area contributed by atoms with E-state index in [0.717, 1.165) is 22.0 Å². The van der Waals surface area contributed by atoms with E-state index >= 15 is 0 Å². The Balaban J connectivity index is 1.72. The van der Waals surface area contributed by atoms with E-state index in [0.29, 0.717) is 24.1 Å². The molecule has 1 saturated heterocycles. The van der Waals surface area contributed by atoms with Gasteiger partial charge in [0, 0.05) is 19.1 Å². The Hall–Kier alpha value is -1.72. The number of rotatable bonds is 3. The van der Waals surface area contributed by atoms with E-state index in [1.807, 2.05) is 24.0 Å². The third-order valence-electron chi connectivity index (χ3n) is 5.13. The van der Waals surface area contributed by atoms with Crippen LogP contribution in [0, 0.1) is 25.7 Å². The van der Waals surface area contributed by atoms with E-state index in [4.69, 9.17) is 5.73 Å². The molecule has 1 aliphatic heterocycles. The van der Waals surface area contributed by atoms with Crippen LogP contribution in [-0.4, -0.2) is 34.9 Å². The number of carbonyl (C=O) groups is 1. The van der Waals surface area contributed by atoms with Crippen LogP contribution in [0.25, 0.3) is 10.4 Å². The van der Waals surface area contributed by atoms with Gasteiger partial charge in [-0.2, -0.15) is 0 Å². The predicted octanol–water partition coefficient (Wildman–Crippen LogP) is 2.85. The van der Waals surface area contributed by atoms with Gasteiger partial charge in [-0.3, -0.25) is 4.79 Å². The number of benzene rings is 1. The lowest BCUT2D eigenvalue weighted by atomic mass is 10.1. The van der Waals surface area contributed by atoms with Crippen molar-refractivity contribution in [2.75, 3.05) is 13.1 Å². The maximum absolute atomic E-state index is 13.1. The number of hydrogen-bond donors (Lipinski definition) is 1. The number of hydrogen-bond acceptors (Lipinski definition) is 4. The first-order valence-corrected chi connectivity index (χ1v) is 8.96. The fourth-order valence-electron chi connectivity index (χ4n) is 3.83. The van der Waals surface area contributed by atoms with E-state index in [2.05, 4.69) is 24.0 Å². The summed E-state index contributed by atoms with van der Waals surface area (Å²) >= 11 is 1.60. The molecule has 2 N–H and O–H groups in total. The summed E-state index contributed by atoms with van der Waals surface area (Å²) in [5.41, 5.74) is 8.80. The van der Waals surface area contributed by atoms with Gasteiger partial charge in [0.15, 0.2) is 0 Å². The number of nitrogens with zero attached hydrogens (tertiary/aromatic N) is 2. The lowest BCUT2D eigenvalue weighted by Crippen LogP contribution is -2.43. The largest absolute Gasteiger partial charge is 0.332 e. The number of aromatic nitrogens is 1. The standard InChI is InChI=1S/C18H21N3OS/c1-10-5-3-4-6-13(10)17-16(20-11(2)23-17)18(22)21-9-12-7-14(12)15(21)8-19/h3-6,12,14-15H,7-9,19H2,1-2H3/t12?,14-,15+/m0/s1. The van der Waals surface area contributed by atoms with Crippen molar-refractivity contribution < 1.29 is 4.79 Å². The quantitative estimate of drug-likeness (QED) is 0.943. The number of piperidine rings is 1. The minimum atomic E-state index is 0.0512. The number of likely N-dealkylation sites (tertiary alicyclic amines) is 1. The number of nitrogens with two attached hydrogens (primary N) is 1. The van der Waals surface area contributed by atoms with Gasteiger partial charge in [0.05, 0.1) is 9.88 Å². The van der Waals surface area contributed by atoms with Crippen LogP contribution in [0.5, 0.6) is 0 Å². The Labute approximate surface area is 140 Å². The molecule has 4 nitrogen and oxygen atoms in total. The van der Waals surface area contributed by atoms with Gasteiger partial charge in [0.1, 0.15) is 5.69 Å². The summed E-state index contributed by atoms with van der Waals surface area (Å²) in [7, 11) is 0. The van der Waals surface area contributed by atoms with Gasteiger partial charge in [-0.15, -0.1) is 11.3 Å². The summed E-state index contributed by atoms with van der Waals surface area (Å²) in [5, 5.41) is 0.931. The summed E-state index contributed by atoms with van der Waals surface area (Å²) in [6.45, 7) is 5.43. The molecule has 120 valence electrons. The zero-order chi connectivity index (χ0) is 16.1. The minimum Gasteiger partial charge on any atom is -0.332 e. The van der Waals surface area contributed by atoms with Gasteiger partial charge in [0.2, 0.25) is 0 Å². The molecule has 1 unspecified atom stereocenters. The third-order valence-corrected chi connectivity index (χ3v) is 6.14. The molecule has 2 heterocycles. The van der Waals surface area contributed by atoms with E-state index < -0.39 is 0 Å². The average molecular weight is 327 g/mol. The second kappa shape index (κ2) is 5.42. The van der Waals surface area contributed by atoms with Crippen LogP contribution < -0.4 is 5.73 Å². The van der Waals surface area contributed by atoms with Crippen molar-refractivity contribution in [3.8, 4) is 10.4 Å². The van der Waals surface area contributed by atoms with E-state index in [-0.39, 0.29) is 11.9 Å². The smallest absolute Gasteiger partial charge is 0.274 e. The molecule has 1 saturated carbocycles. The van der Waals surface area contributed by atoms with Crippen molar-refractivity contribution in [3.63, 3.8) is 0 Å². The molecular formula is C18H21N3OS. The maximum Gasteiger partial charge on any atom is 0.274 e. The Morgan fingerprint density at radius 2 is 2.17 bits per heavy atom. The second-order valence-corrected chi connectivity index (χ2v) is 7.85. The average Bonchev–Trinajstić information content (AvgIpc) is 3.05. The molecule has 23 heavy (non-hydrogen) atoms. The van der Waals surface area contributed by atoms with Gasteiger partial charge in [-0.05, 0) is 43.2 Å². The third kappa shape index (κ3) is 2.39. The molecule has 2 aromatic rings. The van der Waals surface area contributed by atoms with Crippen molar-refractivity contribution in [1.29, 1.82) is 0 Å². The topological polar surface area (TPSA) is 59.2 Å². The van der Waals surface area contributed by atoms with Gasteiger partial charge < -0.3 is 10.6 Å². The van der Waals surface area contributed by atoms with Crippen LogP contribution in [0.4, 0.5) is 0 Å². The van der Waals surface area contributed by atoms with Crippen molar-refractivity contribution in [3.05, 3.63) is 40.5 Å². The fraction of sp³-hybridized carbons (Fsp3) is 0.444. The molecule has 0 bridgehead atoms. The van der Waals surface area contributed by atoms with Crippen LogP contribution in [0.3, 0.4) is 0 Å². The summed E-state index contributed by atoms with van der Waals surface area (Å²) in [6.07, 6.45) is 1.23. The summed E-state index contributed by atoms with van der Waals surface area (Å²) in [5.74, 6) is 1.33. The minimum absolute atomic E-state index is 0.0512. The summed E-state index contributed by atoms with van der Waals surface area (Å²) in [6, 6.07) is 8.37. The molecular weight excluding hydrogens is 306 g/mol. The SMILES string of the molecule is Cc1nc(C(=O)N2CC3C[C@@H]3[C@H]2CN)c(-c2ccccc2C)s1. The van der Waals surface area contributed by atoms with Gasteiger partial charge in [-0.1, -0.05) is 24.3 Å². The first-order valence-electron chi connectivity index (χ1n) is 8.14. The van der Waals surface area contributed by atoms with Crippen LogP contribution >= 0.6 is 11.3 Å². The monoisotopic (exact) mass is 327 g/mol. The highest BCUT2D eigenvalue weighted by Gasteiger charge is 2.53. The van der Waals surface area contributed by atoms with Crippen molar-refractivity contribution in [2.45, 2.75) is 26.3 Å². The zero-order valence-corrected chi connectivity index (χ0v) is 14.3. The lowest BCUT2D eigenvalue weighted by molar-refractivity contribution is 0.0708. The van der Waals surface area contributed by atoms with Crippen LogP contribution in [0.1, 0.15) is 27.5 Å². The molecule has 1 aromatic carbocycles. The Morgan fingerprint density at radius 3 is 2.91 bits per heavy atom. The van der Waals surface area contributed by atoms with Crippen LogP contribution in [-0.2, 0) is 0 Å². The Bertz CT molecular complexity index is 769. The van der Waals surface area contributed by atoms with Crippen molar-refractivity contribution in [1.82, 2.24) is 9.88 Å². The highest BCUT2D eigenvalue weighted by Crippen LogP contribution is 2.49. The van der Waals surface area contributed by atoms with E-state index in [9.17, 15) is 4.79 Å². The summed E-state index contributed by atoms with van der Waals surface area (Å²) < 4.78 is 0. The highest BCUT2D eigenvalue weighted by atomic mass is 32.1. The normalized spacial score (nSPS) is 25.5. The first-order chi connectivity index (χ1) is 11.1. The molecule has 5 heteroatoms. The number of fused-ring (bicyclic) bond motifs is 1. The molecule has 1 aromatic heterocycles. The molecule has 2 aliphatic rings. The Kier molecular flexibility index (Phi) is 3.50. The van der Waals surface area contributed by atoms with Crippen LogP contribution in [0.15, 0.2) is 24.3 Å². The number of carbonyl (C=O) groups excluding carboxylic acids is 1. The van der Waals surface area contributed by atoms with Crippen LogP contribution in [0.2, 0.25) is 0 Å². The van der Waals surface area contributed by atoms with Gasteiger partial charge >= 0.3 is 0 Å².